The van der Waals surface area contributed by atoms with E-state index >= 15 is 0 Å². The molecule has 10 nitrogen and oxygen atoms in total. The zero-order chi connectivity index (χ0) is 23.6. The molecule has 0 spiro atoms. The smallest absolute Gasteiger partial charge is 0.340 e. The number of ketones is 1. The van der Waals surface area contributed by atoms with Crippen molar-refractivity contribution in [2.24, 2.45) is 0 Å². The number of sulfonamides is 1. The van der Waals surface area contributed by atoms with E-state index in [0.29, 0.717) is 11.4 Å². The number of ether oxygens (including phenoxy) is 3. The van der Waals surface area contributed by atoms with Gasteiger partial charge in [0.25, 0.3) is 5.91 Å². The third kappa shape index (κ3) is 5.01. The summed E-state index contributed by atoms with van der Waals surface area (Å²) >= 11 is 6.08. The summed E-state index contributed by atoms with van der Waals surface area (Å²) in [4.78, 5) is 36.4. The molecule has 2 aliphatic rings. The minimum atomic E-state index is -3.85. The Labute approximate surface area is 194 Å². The average Bonchev–Trinajstić information content (AvgIpc) is 2.82. The summed E-state index contributed by atoms with van der Waals surface area (Å²) in [5, 5.41) is 2.58. The Bertz CT molecular complexity index is 1220. The number of hydrogen-bond acceptors (Lipinski definition) is 8. The van der Waals surface area contributed by atoms with Crippen molar-refractivity contribution in [2.75, 3.05) is 44.8 Å². The molecular weight excluding hydrogens is 476 g/mol. The van der Waals surface area contributed by atoms with E-state index in [9.17, 15) is 22.8 Å². The largest absolute Gasteiger partial charge is 0.482 e. The van der Waals surface area contributed by atoms with Gasteiger partial charge in [0.05, 0.1) is 34.4 Å². The van der Waals surface area contributed by atoms with E-state index in [4.69, 9.17) is 25.8 Å². The molecule has 2 aliphatic heterocycles. The molecule has 4 rings (SSSR count). The van der Waals surface area contributed by atoms with Crippen LogP contribution in [0.2, 0.25) is 5.02 Å². The summed E-state index contributed by atoms with van der Waals surface area (Å²) in [7, 11) is -3.85. The van der Waals surface area contributed by atoms with Crippen LogP contribution in [0.4, 0.5) is 5.69 Å². The van der Waals surface area contributed by atoms with Gasteiger partial charge in [0.2, 0.25) is 10.0 Å². The van der Waals surface area contributed by atoms with Crippen LogP contribution in [-0.2, 0) is 24.3 Å². The lowest BCUT2D eigenvalue weighted by Gasteiger charge is -2.26. The van der Waals surface area contributed by atoms with Gasteiger partial charge in [-0.3, -0.25) is 9.59 Å². The number of carbonyl (C=O) groups excluding carboxylic acids is 3. The number of esters is 1. The van der Waals surface area contributed by atoms with Crippen LogP contribution in [0.3, 0.4) is 0 Å². The molecule has 12 heteroatoms. The fourth-order valence-corrected chi connectivity index (χ4v) is 4.94. The van der Waals surface area contributed by atoms with Crippen LogP contribution in [0, 0.1) is 0 Å². The first-order valence-electron chi connectivity index (χ1n) is 9.90. The van der Waals surface area contributed by atoms with Gasteiger partial charge >= 0.3 is 5.97 Å². The first-order valence-corrected chi connectivity index (χ1v) is 11.7. The molecule has 1 amide bonds. The summed E-state index contributed by atoms with van der Waals surface area (Å²) in [6, 6.07) is 8.16. The molecule has 2 aromatic rings. The first kappa shape index (κ1) is 23.2. The number of nitrogens with zero attached hydrogens (tertiary/aromatic N) is 1. The lowest BCUT2D eigenvalue weighted by atomic mass is 10.1. The molecule has 0 aliphatic carbocycles. The SMILES string of the molecule is O=C1COc2ccc(C(=O)COC(=O)c3cc(S(=O)(=O)N4CCOCC4)ccc3Cl)cc2N1. The third-order valence-corrected chi connectivity index (χ3v) is 7.26. The summed E-state index contributed by atoms with van der Waals surface area (Å²) in [5.74, 6) is -1.39. The minimum Gasteiger partial charge on any atom is -0.482 e. The number of hydrogen-bond donors (Lipinski definition) is 1. The minimum absolute atomic E-state index is 0.0120. The van der Waals surface area contributed by atoms with Crippen LogP contribution >= 0.6 is 11.6 Å². The molecule has 2 aromatic carbocycles. The Morgan fingerprint density at radius 2 is 1.88 bits per heavy atom. The van der Waals surface area contributed by atoms with Gasteiger partial charge in [-0.2, -0.15) is 4.31 Å². The number of anilines is 1. The second-order valence-electron chi connectivity index (χ2n) is 7.21. The van der Waals surface area contributed by atoms with Gasteiger partial charge in [-0.05, 0) is 36.4 Å². The van der Waals surface area contributed by atoms with Gasteiger partial charge in [-0.15, -0.1) is 0 Å². The van der Waals surface area contributed by atoms with E-state index in [0.717, 1.165) is 6.07 Å². The third-order valence-electron chi connectivity index (χ3n) is 5.03. The van der Waals surface area contributed by atoms with Gasteiger partial charge in [-0.25, -0.2) is 13.2 Å². The predicted molar refractivity (Wildman–Crippen MR) is 116 cm³/mol. The van der Waals surface area contributed by atoms with Crippen molar-refractivity contribution in [3.05, 3.63) is 52.5 Å². The van der Waals surface area contributed by atoms with E-state index < -0.39 is 28.4 Å². The second kappa shape index (κ2) is 9.48. The molecule has 174 valence electrons. The number of morpholine rings is 1. The molecule has 0 saturated carbocycles. The van der Waals surface area contributed by atoms with Gasteiger partial charge in [0.1, 0.15) is 5.75 Å². The highest BCUT2D eigenvalue weighted by molar-refractivity contribution is 7.89. The molecule has 1 saturated heterocycles. The number of carbonyl (C=O) groups is 3. The average molecular weight is 495 g/mol. The van der Waals surface area contributed by atoms with Crippen molar-refractivity contribution in [1.29, 1.82) is 0 Å². The number of nitrogens with one attached hydrogen (secondary N) is 1. The standard InChI is InChI=1S/C21H19ClN2O8S/c22-16-3-2-14(33(28,29)24-5-7-30-8-6-24)10-15(16)21(27)32-11-18(25)13-1-4-19-17(9-13)23-20(26)12-31-19/h1-4,9-10H,5-8,11-12H2,(H,23,26). The van der Waals surface area contributed by atoms with E-state index in [1.807, 2.05) is 0 Å². The summed E-state index contributed by atoms with van der Waals surface area (Å²) in [6.07, 6.45) is 0. The Morgan fingerprint density at radius 1 is 1.12 bits per heavy atom. The monoisotopic (exact) mass is 494 g/mol. The first-order chi connectivity index (χ1) is 15.8. The molecule has 1 fully saturated rings. The number of benzene rings is 2. The molecule has 0 unspecified atom stereocenters. The fraction of sp³-hybridized carbons (Fsp3) is 0.286. The molecule has 2 heterocycles. The van der Waals surface area contributed by atoms with Gasteiger partial charge < -0.3 is 19.5 Å². The van der Waals surface area contributed by atoms with Crippen molar-refractivity contribution in [3.63, 3.8) is 0 Å². The fourth-order valence-electron chi connectivity index (χ4n) is 3.31. The van der Waals surface area contributed by atoms with E-state index in [-0.39, 0.29) is 59.9 Å². The van der Waals surface area contributed by atoms with E-state index in [2.05, 4.69) is 5.32 Å². The number of fused-ring (bicyclic) bond motifs is 1. The normalized spacial score (nSPS) is 16.3. The maximum Gasteiger partial charge on any atom is 0.340 e. The number of rotatable bonds is 6. The van der Waals surface area contributed by atoms with Crippen molar-refractivity contribution in [1.82, 2.24) is 4.31 Å². The van der Waals surface area contributed by atoms with E-state index in [1.165, 1.54) is 34.6 Å². The highest BCUT2D eigenvalue weighted by Crippen LogP contribution is 2.29. The molecule has 0 radical (unpaired) electrons. The number of amides is 1. The van der Waals surface area contributed by atoms with Gasteiger partial charge in [0, 0.05) is 18.7 Å². The van der Waals surface area contributed by atoms with Crippen LogP contribution in [0.25, 0.3) is 0 Å². The van der Waals surface area contributed by atoms with Crippen molar-refractivity contribution >= 4 is 45.0 Å². The van der Waals surface area contributed by atoms with Crippen LogP contribution < -0.4 is 10.1 Å². The Balaban J connectivity index is 1.46. The van der Waals surface area contributed by atoms with Crippen LogP contribution in [0.5, 0.6) is 5.75 Å². The Hall–Kier alpha value is -2.99. The molecule has 0 bridgehead atoms. The molecule has 33 heavy (non-hydrogen) atoms. The predicted octanol–water partition coefficient (Wildman–Crippen LogP) is 1.73. The Morgan fingerprint density at radius 3 is 2.64 bits per heavy atom. The maximum absolute atomic E-state index is 12.8. The van der Waals surface area contributed by atoms with E-state index in [1.54, 1.807) is 0 Å². The molecule has 0 atom stereocenters. The molecule has 1 N–H and O–H groups in total. The molecular formula is C21H19ClN2O8S. The van der Waals surface area contributed by atoms with Crippen LogP contribution in [-0.4, -0.2) is 69.9 Å². The van der Waals surface area contributed by atoms with Gasteiger partial charge in [-0.1, -0.05) is 11.6 Å². The van der Waals surface area contributed by atoms with Crippen molar-refractivity contribution in [3.8, 4) is 5.75 Å². The zero-order valence-corrected chi connectivity index (χ0v) is 18.8. The topological polar surface area (TPSA) is 128 Å². The lowest BCUT2D eigenvalue weighted by Crippen LogP contribution is -2.40. The second-order valence-corrected chi connectivity index (χ2v) is 9.55. The van der Waals surface area contributed by atoms with Crippen LogP contribution in [0.1, 0.15) is 20.7 Å². The zero-order valence-electron chi connectivity index (χ0n) is 17.2. The highest BCUT2D eigenvalue weighted by atomic mass is 35.5. The van der Waals surface area contributed by atoms with Crippen molar-refractivity contribution in [2.45, 2.75) is 4.90 Å². The molecule has 0 aromatic heterocycles. The summed E-state index contributed by atoms with van der Waals surface area (Å²) in [5.41, 5.74) is 0.361. The number of halogens is 1. The van der Waals surface area contributed by atoms with Gasteiger partial charge in [0.15, 0.2) is 19.0 Å². The van der Waals surface area contributed by atoms with Crippen molar-refractivity contribution < 1.29 is 37.0 Å². The highest BCUT2D eigenvalue weighted by Gasteiger charge is 2.28. The van der Waals surface area contributed by atoms with Crippen LogP contribution in [0.15, 0.2) is 41.3 Å². The number of Topliss-reactive ketones (excluding diaryl/α,β-unsaturated/α-hetero) is 1. The summed E-state index contributed by atoms with van der Waals surface area (Å²) < 4.78 is 42.5. The quantitative estimate of drug-likeness (QED) is 0.475. The summed E-state index contributed by atoms with van der Waals surface area (Å²) in [6.45, 7) is 0.240. The lowest BCUT2D eigenvalue weighted by molar-refractivity contribution is -0.118. The maximum atomic E-state index is 12.8. The Kier molecular flexibility index (Phi) is 6.66.